The lowest BCUT2D eigenvalue weighted by atomic mass is 10.1. The third-order valence-electron chi connectivity index (χ3n) is 3.35. The molecule has 0 aromatic heterocycles. The van der Waals surface area contributed by atoms with E-state index < -0.39 is 5.82 Å². The van der Waals surface area contributed by atoms with Crippen molar-refractivity contribution in [3.8, 4) is 0 Å². The Balaban J connectivity index is 2.14. The highest BCUT2D eigenvalue weighted by Gasteiger charge is 2.24. The lowest BCUT2D eigenvalue weighted by Crippen LogP contribution is -2.48. The van der Waals surface area contributed by atoms with Gasteiger partial charge in [-0.25, -0.2) is 4.39 Å². The molecule has 1 heterocycles. The average molecular weight is 350 g/mol. The number of likely N-dealkylation sites (N-methyl/N-ethyl adjacent to an activating group) is 1. The Hall–Kier alpha value is -0.650. The number of benzene rings is 1. The maximum Gasteiger partial charge on any atom is 0.256 e. The van der Waals surface area contributed by atoms with Crippen LogP contribution in [0.4, 0.5) is 4.39 Å². The van der Waals surface area contributed by atoms with E-state index in [2.05, 4.69) is 27.8 Å². The minimum atomic E-state index is -0.542. The van der Waals surface area contributed by atoms with Gasteiger partial charge in [0.1, 0.15) is 5.82 Å². The highest BCUT2D eigenvalue weighted by atomic mass is 79.9. The van der Waals surface area contributed by atoms with Crippen molar-refractivity contribution < 1.29 is 9.18 Å². The second kappa shape index (κ2) is 6.20. The molecule has 0 saturated carbocycles. The molecule has 0 radical (unpaired) electrons. The van der Waals surface area contributed by atoms with E-state index in [0.717, 1.165) is 19.6 Å². The molecule has 104 valence electrons. The third kappa shape index (κ3) is 3.27. The topological polar surface area (TPSA) is 23.6 Å². The molecule has 0 aliphatic carbocycles. The summed E-state index contributed by atoms with van der Waals surface area (Å²) in [6, 6.07) is 2.62. The van der Waals surface area contributed by atoms with Crippen LogP contribution in [0.15, 0.2) is 16.6 Å². The van der Waals surface area contributed by atoms with Crippen LogP contribution in [0.5, 0.6) is 0 Å². The molecule has 0 bridgehead atoms. The molecule has 1 aromatic carbocycles. The van der Waals surface area contributed by atoms with Crippen molar-refractivity contribution in [2.45, 2.75) is 6.92 Å². The zero-order valence-corrected chi connectivity index (χ0v) is 13.0. The van der Waals surface area contributed by atoms with Crippen molar-refractivity contribution in [3.05, 3.63) is 33.0 Å². The molecular formula is C13H15BrClFN2O. The Bertz CT molecular complexity index is 490. The van der Waals surface area contributed by atoms with Crippen molar-refractivity contribution >= 4 is 33.4 Å². The molecule has 2 rings (SSSR count). The number of piperazine rings is 1. The van der Waals surface area contributed by atoms with Gasteiger partial charge in [-0.05, 0) is 34.6 Å². The highest BCUT2D eigenvalue weighted by molar-refractivity contribution is 9.10. The van der Waals surface area contributed by atoms with E-state index in [1.165, 1.54) is 12.1 Å². The highest BCUT2D eigenvalue weighted by Crippen LogP contribution is 2.26. The molecule has 3 nitrogen and oxygen atoms in total. The van der Waals surface area contributed by atoms with Crippen LogP contribution in [0.2, 0.25) is 5.02 Å². The maximum atomic E-state index is 13.8. The Labute approximate surface area is 125 Å². The summed E-state index contributed by atoms with van der Waals surface area (Å²) in [6.07, 6.45) is 0. The Morgan fingerprint density at radius 1 is 1.37 bits per heavy atom. The van der Waals surface area contributed by atoms with E-state index in [4.69, 9.17) is 11.6 Å². The zero-order valence-electron chi connectivity index (χ0n) is 10.6. The first-order valence-electron chi connectivity index (χ1n) is 6.19. The summed E-state index contributed by atoms with van der Waals surface area (Å²) in [5, 5.41) is 0.344. The number of nitrogens with zero attached hydrogens (tertiary/aromatic N) is 2. The quantitative estimate of drug-likeness (QED) is 0.766. The molecule has 1 fully saturated rings. The fourth-order valence-corrected chi connectivity index (χ4v) is 2.60. The van der Waals surface area contributed by atoms with E-state index in [1.54, 1.807) is 4.90 Å². The summed E-state index contributed by atoms with van der Waals surface area (Å²) >= 11 is 9.06. The normalized spacial score (nSPS) is 16.7. The zero-order chi connectivity index (χ0) is 14.0. The van der Waals surface area contributed by atoms with Gasteiger partial charge >= 0.3 is 0 Å². The van der Waals surface area contributed by atoms with E-state index in [0.29, 0.717) is 22.6 Å². The summed E-state index contributed by atoms with van der Waals surface area (Å²) in [5.41, 5.74) is 0.0400. The molecule has 0 N–H and O–H groups in total. The van der Waals surface area contributed by atoms with Gasteiger partial charge in [0.05, 0.1) is 10.6 Å². The van der Waals surface area contributed by atoms with Crippen LogP contribution in [0, 0.1) is 5.82 Å². The van der Waals surface area contributed by atoms with Crippen LogP contribution in [-0.4, -0.2) is 48.4 Å². The molecule has 1 aliphatic heterocycles. The third-order valence-corrected chi connectivity index (χ3v) is 4.54. The van der Waals surface area contributed by atoms with Gasteiger partial charge in [-0.3, -0.25) is 4.79 Å². The van der Waals surface area contributed by atoms with Crippen LogP contribution in [0.25, 0.3) is 0 Å². The predicted octanol–water partition coefficient (Wildman–Crippen LogP) is 3.02. The summed E-state index contributed by atoms with van der Waals surface area (Å²) in [5.74, 6) is -0.832. The van der Waals surface area contributed by atoms with Crippen molar-refractivity contribution in [1.82, 2.24) is 9.80 Å². The Kier molecular flexibility index (Phi) is 4.81. The van der Waals surface area contributed by atoms with Gasteiger partial charge in [0, 0.05) is 30.7 Å². The van der Waals surface area contributed by atoms with Gasteiger partial charge in [-0.2, -0.15) is 0 Å². The molecule has 1 saturated heterocycles. The smallest absolute Gasteiger partial charge is 0.256 e. The predicted molar refractivity (Wildman–Crippen MR) is 77.1 cm³/mol. The number of rotatable bonds is 2. The number of amides is 1. The number of hydrogen-bond acceptors (Lipinski definition) is 2. The van der Waals surface area contributed by atoms with E-state index in [9.17, 15) is 9.18 Å². The Morgan fingerprint density at radius 2 is 2.00 bits per heavy atom. The van der Waals surface area contributed by atoms with Crippen molar-refractivity contribution in [2.24, 2.45) is 0 Å². The van der Waals surface area contributed by atoms with Gasteiger partial charge in [0.25, 0.3) is 5.91 Å². The minimum absolute atomic E-state index is 0.0400. The van der Waals surface area contributed by atoms with Gasteiger partial charge in [0.15, 0.2) is 0 Å². The number of carbonyl (C=O) groups is 1. The second-order valence-electron chi connectivity index (χ2n) is 4.47. The lowest BCUT2D eigenvalue weighted by molar-refractivity contribution is 0.0639. The van der Waals surface area contributed by atoms with E-state index in [-0.39, 0.29) is 11.5 Å². The van der Waals surface area contributed by atoms with Crippen LogP contribution in [-0.2, 0) is 0 Å². The molecule has 0 spiro atoms. The molecule has 1 aromatic rings. The maximum absolute atomic E-state index is 13.8. The first kappa shape index (κ1) is 14.8. The standard InChI is InChI=1S/C13H15BrClFN2O/c1-2-17-3-5-18(6-4-17)13(19)9-7-11(15)10(14)8-12(9)16/h7-8H,2-6H2,1H3. The van der Waals surface area contributed by atoms with Crippen LogP contribution < -0.4 is 0 Å². The van der Waals surface area contributed by atoms with Gasteiger partial charge < -0.3 is 9.80 Å². The number of halogens is 3. The SMILES string of the molecule is CCN1CCN(C(=O)c2cc(Cl)c(Br)cc2F)CC1. The fourth-order valence-electron chi connectivity index (χ4n) is 2.12. The molecule has 0 atom stereocenters. The fraction of sp³-hybridized carbons (Fsp3) is 0.462. The summed E-state index contributed by atoms with van der Waals surface area (Å²) in [4.78, 5) is 16.2. The molecule has 1 aliphatic rings. The van der Waals surface area contributed by atoms with Crippen LogP contribution in [0.3, 0.4) is 0 Å². The van der Waals surface area contributed by atoms with Crippen molar-refractivity contribution in [2.75, 3.05) is 32.7 Å². The summed E-state index contributed by atoms with van der Waals surface area (Å²) in [6.45, 7) is 5.97. The van der Waals surface area contributed by atoms with E-state index in [1.807, 2.05) is 0 Å². The van der Waals surface area contributed by atoms with Crippen molar-refractivity contribution in [3.63, 3.8) is 0 Å². The van der Waals surface area contributed by atoms with Gasteiger partial charge in [0.2, 0.25) is 0 Å². The van der Waals surface area contributed by atoms with Crippen LogP contribution >= 0.6 is 27.5 Å². The second-order valence-corrected chi connectivity index (χ2v) is 5.73. The minimum Gasteiger partial charge on any atom is -0.336 e. The molecular weight excluding hydrogens is 335 g/mol. The molecule has 1 amide bonds. The van der Waals surface area contributed by atoms with Gasteiger partial charge in [-0.1, -0.05) is 18.5 Å². The largest absolute Gasteiger partial charge is 0.336 e. The summed E-state index contributed by atoms with van der Waals surface area (Å²) < 4.78 is 14.3. The van der Waals surface area contributed by atoms with E-state index >= 15 is 0 Å². The molecule has 19 heavy (non-hydrogen) atoms. The van der Waals surface area contributed by atoms with Gasteiger partial charge in [-0.15, -0.1) is 0 Å². The molecule has 0 unspecified atom stereocenters. The Morgan fingerprint density at radius 3 is 2.58 bits per heavy atom. The lowest BCUT2D eigenvalue weighted by Gasteiger charge is -2.34. The number of hydrogen-bond donors (Lipinski definition) is 0. The molecule has 6 heteroatoms. The summed E-state index contributed by atoms with van der Waals surface area (Å²) in [7, 11) is 0. The van der Waals surface area contributed by atoms with Crippen molar-refractivity contribution in [1.29, 1.82) is 0 Å². The first-order valence-corrected chi connectivity index (χ1v) is 7.36. The monoisotopic (exact) mass is 348 g/mol. The first-order chi connectivity index (χ1) is 9.02. The average Bonchev–Trinajstić information content (AvgIpc) is 2.42. The number of carbonyl (C=O) groups excluding carboxylic acids is 1. The van der Waals surface area contributed by atoms with Crippen LogP contribution in [0.1, 0.15) is 17.3 Å².